The summed E-state index contributed by atoms with van der Waals surface area (Å²) < 4.78 is 13.7. The minimum atomic E-state index is 0.424. The number of hydrogen-bond donors (Lipinski definition) is 1. The first-order chi connectivity index (χ1) is 11.7. The molecule has 7 nitrogen and oxygen atoms in total. The van der Waals surface area contributed by atoms with E-state index >= 15 is 0 Å². The molecule has 3 aromatic rings. The van der Waals surface area contributed by atoms with E-state index in [4.69, 9.17) is 9.47 Å². The summed E-state index contributed by atoms with van der Waals surface area (Å²) in [5.74, 6) is 2.34. The number of nitrogens with zero attached hydrogens (tertiary/aromatic N) is 4. The lowest BCUT2D eigenvalue weighted by Gasteiger charge is -2.12. The van der Waals surface area contributed by atoms with Crippen molar-refractivity contribution in [3.8, 4) is 5.75 Å². The first kappa shape index (κ1) is 15.3. The van der Waals surface area contributed by atoms with E-state index in [1.807, 2.05) is 6.07 Å². The average Bonchev–Trinajstić information content (AvgIpc) is 3.21. The normalized spacial score (nSPS) is 13.1. The van der Waals surface area contributed by atoms with Gasteiger partial charge in [0.2, 0.25) is 0 Å². The first-order valence-corrected chi connectivity index (χ1v) is 8.40. The van der Waals surface area contributed by atoms with Gasteiger partial charge in [0.15, 0.2) is 0 Å². The summed E-state index contributed by atoms with van der Waals surface area (Å²) in [6.45, 7) is 1.78. The number of nitrogens with one attached hydrogen (secondary N) is 1. The Balaban J connectivity index is 1.65. The third-order valence-corrected chi connectivity index (χ3v) is 4.34. The maximum Gasteiger partial charge on any atom is 0.254 e. The minimum Gasteiger partial charge on any atom is -0.493 e. The molecule has 1 aromatic carbocycles. The van der Waals surface area contributed by atoms with Crippen molar-refractivity contribution < 1.29 is 9.47 Å². The molecule has 0 fully saturated rings. The van der Waals surface area contributed by atoms with E-state index in [9.17, 15) is 0 Å². The molecule has 4 rings (SSSR count). The van der Waals surface area contributed by atoms with E-state index in [2.05, 4.69) is 48.4 Å². The number of aromatic nitrogens is 4. The fourth-order valence-electron chi connectivity index (χ4n) is 2.87. The van der Waals surface area contributed by atoms with Crippen LogP contribution in [0.3, 0.4) is 0 Å². The number of benzene rings is 1. The highest BCUT2D eigenvalue weighted by molar-refractivity contribution is 9.10. The van der Waals surface area contributed by atoms with E-state index in [0.29, 0.717) is 18.9 Å². The van der Waals surface area contributed by atoms with Gasteiger partial charge in [0.05, 0.1) is 18.9 Å². The molecule has 0 amide bonds. The summed E-state index contributed by atoms with van der Waals surface area (Å²) in [5.41, 5.74) is 3.15. The topological polar surface area (TPSA) is 73.6 Å². The molecular weight excluding hydrogens is 374 g/mol. The molecule has 0 aliphatic carbocycles. The van der Waals surface area contributed by atoms with Gasteiger partial charge in [-0.2, -0.15) is 14.6 Å². The number of methoxy groups -OCH3 is 1. The summed E-state index contributed by atoms with van der Waals surface area (Å²) in [6, 6.07) is 6.11. The fraction of sp³-hybridized carbons (Fsp3) is 0.312. The highest BCUT2D eigenvalue weighted by atomic mass is 79.9. The Bertz CT molecular complexity index is 896. The quantitative estimate of drug-likeness (QED) is 0.722. The van der Waals surface area contributed by atoms with E-state index < -0.39 is 0 Å². The van der Waals surface area contributed by atoms with Gasteiger partial charge in [0, 0.05) is 36.2 Å². The first-order valence-electron chi connectivity index (χ1n) is 7.61. The van der Waals surface area contributed by atoms with Gasteiger partial charge in [-0.05, 0) is 17.7 Å². The van der Waals surface area contributed by atoms with Gasteiger partial charge in [-0.1, -0.05) is 15.9 Å². The maximum absolute atomic E-state index is 5.78. The van der Waals surface area contributed by atoms with E-state index in [-0.39, 0.29) is 0 Å². The smallest absolute Gasteiger partial charge is 0.254 e. The highest BCUT2D eigenvalue weighted by Gasteiger charge is 2.17. The number of anilines is 1. The van der Waals surface area contributed by atoms with Gasteiger partial charge in [0.25, 0.3) is 5.78 Å². The van der Waals surface area contributed by atoms with Crippen molar-refractivity contribution in [2.45, 2.75) is 19.6 Å². The lowest BCUT2D eigenvalue weighted by atomic mass is 10.1. The van der Waals surface area contributed by atoms with Crippen molar-refractivity contribution in [1.29, 1.82) is 0 Å². The standard InChI is InChI=1S/C16H16BrN5O2/c1-23-8-13-6-14(22-16(21-13)19-9-20-22)18-7-11-5-12(17)4-10-2-3-24-15(10)11/h4-6,9,18H,2-3,7-8H2,1H3. The zero-order chi connectivity index (χ0) is 16.5. The maximum atomic E-state index is 5.78. The van der Waals surface area contributed by atoms with Crippen molar-refractivity contribution in [3.05, 3.63) is 45.8 Å². The van der Waals surface area contributed by atoms with Crippen molar-refractivity contribution in [1.82, 2.24) is 19.6 Å². The molecule has 0 saturated carbocycles. The number of hydrogen-bond acceptors (Lipinski definition) is 6. The molecule has 0 unspecified atom stereocenters. The highest BCUT2D eigenvalue weighted by Crippen LogP contribution is 2.33. The molecule has 1 N–H and O–H groups in total. The van der Waals surface area contributed by atoms with Gasteiger partial charge in [0.1, 0.15) is 17.9 Å². The minimum absolute atomic E-state index is 0.424. The molecule has 0 radical (unpaired) electrons. The van der Waals surface area contributed by atoms with Crippen molar-refractivity contribution in [2.75, 3.05) is 19.0 Å². The molecule has 0 saturated heterocycles. The number of rotatable bonds is 5. The van der Waals surface area contributed by atoms with Crippen LogP contribution in [0.4, 0.5) is 5.82 Å². The molecule has 0 bridgehead atoms. The summed E-state index contributed by atoms with van der Waals surface area (Å²) in [5, 5.41) is 7.63. The Morgan fingerprint density at radius 1 is 1.38 bits per heavy atom. The summed E-state index contributed by atoms with van der Waals surface area (Å²) in [7, 11) is 1.64. The Morgan fingerprint density at radius 3 is 3.17 bits per heavy atom. The van der Waals surface area contributed by atoms with Crippen LogP contribution in [0, 0.1) is 0 Å². The number of ether oxygens (including phenoxy) is 2. The fourth-order valence-corrected chi connectivity index (χ4v) is 3.42. The van der Waals surface area contributed by atoms with Crippen LogP contribution in [0.1, 0.15) is 16.8 Å². The third-order valence-electron chi connectivity index (χ3n) is 3.88. The second-order valence-corrected chi connectivity index (χ2v) is 6.46. The second-order valence-electron chi connectivity index (χ2n) is 5.54. The summed E-state index contributed by atoms with van der Waals surface area (Å²) in [4.78, 5) is 8.57. The van der Waals surface area contributed by atoms with Crippen LogP contribution in [-0.4, -0.2) is 33.3 Å². The second kappa shape index (κ2) is 6.37. The lowest BCUT2D eigenvalue weighted by Crippen LogP contribution is -2.09. The lowest BCUT2D eigenvalue weighted by molar-refractivity contribution is 0.181. The van der Waals surface area contributed by atoms with Crippen LogP contribution >= 0.6 is 15.9 Å². The van der Waals surface area contributed by atoms with Gasteiger partial charge >= 0.3 is 0 Å². The molecule has 2 aromatic heterocycles. The number of halogens is 1. The monoisotopic (exact) mass is 389 g/mol. The summed E-state index contributed by atoms with van der Waals surface area (Å²) in [6.07, 6.45) is 2.44. The van der Waals surface area contributed by atoms with Gasteiger partial charge in [-0.15, -0.1) is 0 Å². The SMILES string of the molecule is COCc1cc(NCc2cc(Br)cc3c2OCC3)n2ncnc2n1. The van der Waals surface area contributed by atoms with Crippen LogP contribution in [0.5, 0.6) is 5.75 Å². The van der Waals surface area contributed by atoms with Crippen molar-refractivity contribution >= 4 is 27.5 Å². The molecular formula is C16H16BrN5O2. The molecule has 1 aliphatic rings. The van der Waals surface area contributed by atoms with E-state index in [1.165, 1.54) is 11.9 Å². The van der Waals surface area contributed by atoms with Gasteiger partial charge < -0.3 is 14.8 Å². The Kier molecular flexibility index (Phi) is 4.07. The Hall–Kier alpha value is -2.19. The van der Waals surface area contributed by atoms with Crippen molar-refractivity contribution in [2.24, 2.45) is 0 Å². The Labute approximate surface area is 147 Å². The molecule has 1 aliphatic heterocycles. The third kappa shape index (κ3) is 2.83. The molecule has 24 heavy (non-hydrogen) atoms. The molecule has 3 heterocycles. The Morgan fingerprint density at radius 2 is 2.29 bits per heavy atom. The van der Waals surface area contributed by atoms with E-state index in [1.54, 1.807) is 11.6 Å². The van der Waals surface area contributed by atoms with E-state index in [0.717, 1.165) is 40.3 Å². The zero-order valence-corrected chi connectivity index (χ0v) is 14.7. The zero-order valence-electron chi connectivity index (χ0n) is 13.1. The van der Waals surface area contributed by atoms with Gasteiger partial charge in [-0.3, -0.25) is 0 Å². The number of fused-ring (bicyclic) bond motifs is 2. The van der Waals surface area contributed by atoms with Crippen LogP contribution < -0.4 is 10.1 Å². The molecule has 0 spiro atoms. The molecule has 124 valence electrons. The predicted molar refractivity (Wildman–Crippen MR) is 92.2 cm³/mol. The average molecular weight is 390 g/mol. The van der Waals surface area contributed by atoms with Gasteiger partial charge in [-0.25, -0.2) is 4.98 Å². The van der Waals surface area contributed by atoms with Crippen LogP contribution in [0.2, 0.25) is 0 Å². The summed E-state index contributed by atoms with van der Waals surface area (Å²) >= 11 is 3.57. The largest absolute Gasteiger partial charge is 0.493 e. The van der Waals surface area contributed by atoms with Crippen LogP contribution in [0.15, 0.2) is 29.0 Å². The van der Waals surface area contributed by atoms with Crippen LogP contribution in [0.25, 0.3) is 5.78 Å². The van der Waals surface area contributed by atoms with Crippen LogP contribution in [-0.2, 0) is 24.3 Å². The van der Waals surface area contributed by atoms with Crippen molar-refractivity contribution in [3.63, 3.8) is 0 Å². The predicted octanol–water partition coefficient (Wildman–Crippen LogP) is 2.58. The molecule has 8 heteroatoms. The molecule has 0 atom stereocenters.